The third-order valence-corrected chi connectivity index (χ3v) is 4.93. The summed E-state index contributed by atoms with van der Waals surface area (Å²) in [4.78, 5) is 1.11. The highest BCUT2D eigenvalue weighted by molar-refractivity contribution is 9.10. The lowest BCUT2D eigenvalue weighted by Gasteiger charge is -2.08. The van der Waals surface area contributed by atoms with Crippen LogP contribution < -0.4 is 5.73 Å². The number of benzene rings is 1. The monoisotopic (exact) mass is 315 g/mol. The molecular weight excluding hydrogens is 306 g/mol. The quantitative estimate of drug-likeness (QED) is 0.892. The van der Waals surface area contributed by atoms with Crippen molar-refractivity contribution in [3.05, 3.63) is 55.6 Å². The average molecular weight is 317 g/mol. The van der Waals surface area contributed by atoms with E-state index < -0.39 is 0 Å². The molecule has 16 heavy (non-hydrogen) atoms. The Balaban J connectivity index is 2.11. The molecule has 1 atom stereocenters. The molecule has 1 nitrogen and oxygen atoms in total. The molecule has 0 amide bonds. The van der Waals surface area contributed by atoms with E-state index in [9.17, 15) is 0 Å². The smallest absolute Gasteiger partial charge is 0.107 e. The van der Waals surface area contributed by atoms with Crippen LogP contribution in [0.1, 0.15) is 16.5 Å². The Morgan fingerprint density at radius 2 is 2.00 bits per heavy atom. The summed E-state index contributed by atoms with van der Waals surface area (Å²) in [5.74, 6) is 0. The molecule has 0 saturated carbocycles. The summed E-state index contributed by atoms with van der Waals surface area (Å²) in [5.41, 5.74) is 7.39. The number of thiophene rings is 1. The lowest BCUT2D eigenvalue weighted by atomic mass is 10.1. The first kappa shape index (κ1) is 12.1. The summed E-state index contributed by atoms with van der Waals surface area (Å²) < 4.78 is 1.69. The fraction of sp³-hybridized carbons (Fsp3) is 0.167. The molecule has 4 heteroatoms. The van der Waals surface area contributed by atoms with Crippen LogP contribution in [0.2, 0.25) is 4.34 Å². The summed E-state index contributed by atoms with van der Waals surface area (Å²) in [7, 11) is 0. The molecule has 0 radical (unpaired) electrons. The van der Waals surface area contributed by atoms with Crippen LogP contribution in [0.25, 0.3) is 0 Å². The van der Waals surface area contributed by atoms with Gasteiger partial charge < -0.3 is 5.73 Å². The largest absolute Gasteiger partial charge is 0.323 e. The lowest BCUT2D eigenvalue weighted by molar-refractivity contribution is 0.736. The molecule has 0 spiro atoms. The summed E-state index contributed by atoms with van der Waals surface area (Å²) in [6, 6.07) is 12.2. The zero-order chi connectivity index (χ0) is 11.5. The first-order chi connectivity index (χ1) is 7.66. The summed E-state index contributed by atoms with van der Waals surface area (Å²) in [5, 5.41) is 0. The van der Waals surface area contributed by atoms with Crippen LogP contribution in [0.3, 0.4) is 0 Å². The maximum Gasteiger partial charge on any atom is 0.107 e. The van der Waals surface area contributed by atoms with Crippen LogP contribution in [0.4, 0.5) is 0 Å². The maximum absolute atomic E-state index is 6.14. The van der Waals surface area contributed by atoms with E-state index in [-0.39, 0.29) is 6.04 Å². The van der Waals surface area contributed by atoms with Crippen molar-refractivity contribution in [2.45, 2.75) is 12.5 Å². The second-order valence-corrected chi connectivity index (χ2v) is 6.11. The Morgan fingerprint density at radius 3 is 2.56 bits per heavy atom. The molecule has 84 valence electrons. The molecule has 0 bridgehead atoms. The van der Waals surface area contributed by atoms with Gasteiger partial charge in [-0.05, 0) is 34.0 Å². The van der Waals surface area contributed by atoms with Crippen molar-refractivity contribution >= 4 is 38.9 Å². The minimum Gasteiger partial charge on any atom is -0.323 e. The van der Waals surface area contributed by atoms with E-state index in [0.29, 0.717) is 0 Å². The van der Waals surface area contributed by atoms with E-state index in [1.807, 2.05) is 24.3 Å². The Labute approximate surface area is 112 Å². The Hall–Kier alpha value is -0.350. The zero-order valence-electron chi connectivity index (χ0n) is 8.49. The highest BCUT2D eigenvalue weighted by atomic mass is 79.9. The number of halogens is 2. The fourth-order valence-electron chi connectivity index (χ4n) is 1.51. The van der Waals surface area contributed by atoms with Gasteiger partial charge in [-0.1, -0.05) is 41.9 Å². The van der Waals surface area contributed by atoms with Crippen molar-refractivity contribution in [3.63, 3.8) is 0 Å². The van der Waals surface area contributed by atoms with E-state index in [4.69, 9.17) is 17.3 Å². The molecule has 1 unspecified atom stereocenters. The molecule has 0 saturated heterocycles. The minimum absolute atomic E-state index is 0.0104. The van der Waals surface area contributed by atoms with Crippen LogP contribution in [0, 0.1) is 0 Å². The molecule has 1 aromatic heterocycles. The van der Waals surface area contributed by atoms with Crippen molar-refractivity contribution < 1.29 is 0 Å². The molecule has 1 aromatic carbocycles. The summed E-state index contributed by atoms with van der Waals surface area (Å²) >= 11 is 10.9. The van der Waals surface area contributed by atoms with Crippen LogP contribution >= 0.6 is 38.9 Å². The second-order valence-electron chi connectivity index (χ2n) is 3.57. The van der Waals surface area contributed by atoms with E-state index in [2.05, 4.69) is 28.1 Å². The third-order valence-electron chi connectivity index (χ3n) is 2.33. The van der Waals surface area contributed by atoms with Crippen molar-refractivity contribution in [2.75, 3.05) is 0 Å². The van der Waals surface area contributed by atoms with Crippen molar-refractivity contribution in [1.29, 1.82) is 0 Å². The van der Waals surface area contributed by atoms with E-state index >= 15 is 0 Å². The maximum atomic E-state index is 6.14. The van der Waals surface area contributed by atoms with Gasteiger partial charge in [-0.25, -0.2) is 0 Å². The Kier molecular flexibility index (Phi) is 4.03. The molecule has 0 aliphatic heterocycles. The summed E-state index contributed by atoms with van der Waals surface area (Å²) in [6.07, 6.45) is 0.837. The molecule has 2 N–H and O–H groups in total. The predicted octanol–water partition coefficient (Wildman–Crippen LogP) is 4.41. The van der Waals surface area contributed by atoms with Gasteiger partial charge >= 0.3 is 0 Å². The van der Waals surface area contributed by atoms with E-state index in [1.165, 1.54) is 16.9 Å². The number of hydrogen-bond acceptors (Lipinski definition) is 2. The van der Waals surface area contributed by atoms with Crippen molar-refractivity contribution in [1.82, 2.24) is 0 Å². The van der Waals surface area contributed by atoms with Crippen LogP contribution in [0.5, 0.6) is 0 Å². The standard InChI is InChI=1S/C12H11BrClNS/c13-9-7-11(16-12(9)14)10(15)6-8-4-2-1-3-5-8/h1-5,7,10H,6,15H2. The molecule has 2 aromatic rings. The first-order valence-corrected chi connectivity index (χ1v) is 6.90. The van der Waals surface area contributed by atoms with Gasteiger partial charge in [-0.15, -0.1) is 11.3 Å². The van der Waals surface area contributed by atoms with Crippen molar-refractivity contribution in [3.8, 4) is 0 Å². The molecular formula is C12H11BrClNS. The molecule has 0 fully saturated rings. The molecule has 1 heterocycles. The highest BCUT2D eigenvalue weighted by Crippen LogP contribution is 2.35. The minimum atomic E-state index is 0.0104. The van der Waals surface area contributed by atoms with E-state index in [1.54, 1.807) is 0 Å². The molecule has 0 aliphatic rings. The summed E-state index contributed by atoms with van der Waals surface area (Å²) in [6.45, 7) is 0. The molecule has 0 aliphatic carbocycles. The normalized spacial score (nSPS) is 12.7. The zero-order valence-corrected chi connectivity index (χ0v) is 11.6. The van der Waals surface area contributed by atoms with Gasteiger partial charge in [-0.3, -0.25) is 0 Å². The van der Waals surface area contributed by atoms with Crippen LogP contribution in [0.15, 0.2) is 40.9 Å². The SMILES string of the molecule is NC(Cc1ccccc1)c1cc(Br)c(Cl)s1. The number of rotatable bonds is 3. The third kappa shape index (κ3) is 2.86. The van der Waals surface area contributed by atoms with Gasteiger partial charge in [0.05, 0.1) is 0 Å². The van der Waals surface area contributed by atoms with E-state index in [0.717, 1.165) is 20.1 Å². The van der Waals surface area contributed by atoms with Gasteiger partial charge in [0.25, 0.3) is 0 Å². The molecule has 2 rings (SSSR count). The van der Waals surface area contributed by atoms with Gasteiger partial charge in [0.15, 0.2) is 0 Å². The number of nitrogens with two attached hydrogens (primary N) is 1. The Bertz CT molecular complexity index is 450. The van der Waals surface area contributed by atoms with Gasteiger partial charge in [0, 0.05) is 15.4 Å². The van der Waals surface area contributed by atoms with Crippen LogP contribution in [-0.2, 0) is 6.42 Å². The van der Waals surface area contributed by atoms with Gasteiger partial charge in [0.1, 0.15) is 4.34 Å². The highest BCUT2D eigenvalue weighted by Gasteiger charge is 2.12. The predicted molar refractivity (Wildman–Crippen MR) is 74.1 cm³/mol. The lowest BCUT2D eigenvalue weighted by Crippen LogP contribution is -2.11. The van der Waals surface area contributed by atoms with Crippen molar-refractivity contribution in [2.24, 2.45) is 5.73 Å². The second kappa shape index (κ2) is 5.32. The number of hydrogen-bond donors (Lipinski definition) is 1. The van der Waals surface area contributed by atoms with Gasteiger partial charge in [-0.2, -0.15) is 0 Å². The first-order valence-electron chi connectivity index (χ1n) is 4.91. The topological polar surface area (TPSA) is 26.0 Å². The fourth-order valence-corrected chi connectivity index (χ4v) is 3.25. The Morgan fingerprint density at radius 1 is 1.31 bits per heavy atom. The average Bonchev–Trinajstić information content (AvgIpc) is 2.61. The van der Waals surface area contributed by atoms with Crippen LogP contribution in [-0.4, -0.2) is 0 Å². The van der Waals surface area contributed by atoms with Gasteiger partial charge in [0.2, 0.25) is 0 Å².